The quantitative estimate of drug-likeness (QED) is 0.848. The van der Waals surface area contributed by atoms with Crippen LogP contribution in [0.15, 0.2) is 12.3 Å². The lowest BCUT2D eigenvalue weighted by Gasteiger charge is -2.09. The Morgan fingerprint density at radius 1 is 1.53 bits per heavy atom. The smallest absolute Gasteiger partial charge is 0.211 e. The molecule has 19 heavy (non-hydrogen) atoms. The van der Waals surface area contributed by atoms with E-state index in [4.69, 9.17) is 4.74 Å². The maximum Gasteiger partial charge on any atom is 0.211 e. The standard InChI is InChI=1S/C12H19N3O3S/c1-2-8-19(16,17)14-9-10-5-6-13-12(15-10)11-4-3-7-18-11/h5-6,11,14H,2-4,7-9H2,1H3/t11-/m1/s1. The minimum atomic E-state index is -3.20. The highest BCUT2D eigenvalue weighted by Crippen LogP contribution is 2.25. The van der Waals surface area contributed by atoms with Gasteiger partial charge in [0.25, 0.3) is 0 Å². The number of hydrogen-bond donors (Lipinski definition) is 1. The van der Waals surface area contributed by atoms with E-state index in [1.807, 2.05) is 6.92 Å². The SMILES string of the molecule is CCCS(=O)(=O)NCc1ccnc([C@H]2CCCO2)n1. The molecule has 0 amide bonds. The molecule has 7 heteroatoms. The third-order valence-electron chi connectivity index (χ3n) is 2.90. The van der Waals surface area contributed by atoms with Gasteiger partial charge >= 0.3 is 0 Å². The molecule has 0 bridgehead atoms. The largest absolute Gasteiger partial charge is 0.370 e. The van der Waals surface area contributed by atoms with Gasteiger partial charge in [0.15, 0.2) is 5.82 Å². The van der Waals surface area contributed by atoms with Crippen molar-refractivity contribution in [2.45, 2.75) is 38.8 Å². The molecule has 0 aliphatic carbocycles. The average molecular weight is 285 g/mol. The molecule has 0 saturated carbocycles. The van der Waals surface area contributed by atoms with Gasteiger partial charge in [-0.1, -0.05) is 6.92 Å². The van der Waals surface area contributed by atoms with Gasteiger partial charge < -0.3 is 4.74 Å². The molecule has 1 aliphatic rings. The minimum absolute atomic E-state index is 0.0489. The van der Waals surface area contributed by atoms with Crippen molar-refractivity contribution in [1.82, 2.24) is 14.7 Å². The van der Waals surface area contributed by atoms with Crippen molar-refractivity contribution in [2.75, 3.05) is 12.4 Å². The highest BCUT2D eigenvalue weighted by molar-refractivity contribution is 7.89. The van der Waals surface area contributed by atoms with Crippen molar-refractivity contribution in [3.8, 4) is 0 Å². The van der Waals surface area contributed by atoms with Gasteiger partial charge in [-0.25, -0.2) is 23.1 Å². The second-order valence-corrected chi connectivity index (χ2v) is 6.47. The summed E-state index contributed by atoms with van der Waals surface area (Å²) in [6.07, 6.45) is 4.13. The van der Waals surface area contributed by atoms with Crippen LogP contribution in [0.4, 0.5) is 0 Å². The van der Waals surface area contributed by atoms with Crippen LogP contribution in [0.5, 0.6) is 0 Å². The third kappa shape index (κ3) is 4.22. The van der Waals surface area contributed by atoms with E-state index >= 15 is 0 Å². The highest BCUT2D eigenvalue weighted by atomic mass is 32.2. The minimum Gasteiger partial charge on any atom is -0.370 e. The summed E-state index contributed by atoms with van der Waals surface area (Å²) in [6.45, 7) is 2.77. The van der Waals surface area contributed by atoms with Crippen molar-refractivity contribution in [1.29, 1.82) is 0 Å². The first-order chi connectivity index (χ1) is 9.11. The fourth-order valence-corrected chi connectivity index (χ4v) is 3.02. The molecule has 0 radical (unpaired) electrons. The van der Waals surface area contributed by atoms with Crippen LogP contribution in [0.2, 0.25) is 0 Å². The van der Waals surface area contributed by atoms with Crippen molar-refractivity contribution < 1.29 is 13.2 Å². The lowest BCUT2D eigenvalue weighted by molar-refractivity contribution is 0.105. The van der Waals surface area contributed by atoms with Crippen molar-refractivity contribution in [2.24, 2.45) is 0 Å². The number of nitrogens with zero attached hydrogens (tertiary/aromatic N) is 2. The van der Waals surface area contributed by atoms with E-state index in [0.717, 1.165) is 19.4 Å². The summed E-state index contributed by atoms with van der Waals surface area (Å²) in [5.41, 5.74) is 0.667. The van der Waals surface area contributed by atoms with E-state index in [1.54, 1.807) is 12.3 Å². The summed E-state index contributed by atoms with van der Waals surface area (Å²) in [4.78, 5) is 8.54. The zero-order valence-corrected chi connectivity index (χ0v) is 11.8. The normalized spacial score (nSPS) is 19.7. The van der Waals surface area contributed by atoms with E-state index in [1.165, 1.54) is 0 Å². The van der Waals surface area contributed by atoms with Crippen LogP contribution < -0.4 is 4.72 Å². The van der Waals surface area contributed by atoms with Crippen molar-refractivity contribution in [3.63, 3.8) is 0 Å². The molecule has 2 heterocycles. The molecule has 1 aromatic rings. The molecule has 1 atom stereocenters. The van der Waals surface area contributed by atoms with Crippen LogP contribution in [-0.2, 0) is 21.3 Å². The Labute approximate surface area is 113 Å². The maximum atomic E-state index is 11.6. The van der Waals surface area contributed by atoms with Gasteiger partial charge in [-0.3, -0.25) is 0 Å². The van der Waals surface area contributed by atoms with Gasteiger partial charge in [0.05, 0.1) is 18.0 Å². The van der Waals surface area contributed by atoms with Gasteiger partial charge in [0, 0.05) is 12.8 Å². The third-order valence-corrected chi connectivity index (χ3v) is 4.43. The van der Waals surface area contributed by atoms with E-state index in [0.29, 0.717) is 17.9 Å². The van der Waals surface area contributed by atoms with E-state index in [2.05, 4.69) is 14.7 Å². The van der Waals surface area contributed by atoms with Gasteiger partial charge in [-0.05, 0) is 25.3 Å². The summed E-state index contributed by atoms with van der Waals surface area (Å²) in [7, 11) is -3.20. The zero-order valence-electron chi connectivity index (χ0n) is 11.0. The van der Waals surface area contributed by atoms with Crippen LogP contribution in [0.1, 0.15) is 43.8 Å². The number of hydrogen-bond acceptors (Lipinski definition) is 5. The molecule has 1 saturated heterocycles. The molecule has 0 spiro atoms. The highest BCUT2D eigenvalue weighted by Gasteiger charge is 2.20. The molecule has 0 aromatic carbocycles. The summed E-state index contributed by atoms with van der Waals surface area (Å²) < 4.78 is 31.2. The number of ether oxygens (including phenoxy) is 1. The predicted octanol–water partition coefficient (Wildman–Crippen LogP) is 1.16. The molecule has 0 unspecified atom stereocenters. The first-order valence-corrected chi connectivity index (χ1v) is 8.16. The van der Waals surface area contributed by atoms with Gasteiger partial charge in [-0.15, -0.1) is 0 Å². The van der Waals surface area contributed by atoms with Gasteiger partial charge in [0.2, 0.25) is 10.0 Å². The molecule has 2 rings (SSSR count). The lowest BCUT2D eigenvalue weighted by Crippen LogP contribution is -2.26. The fraction of sp³-hybridized carbons (Fsp3) is 0.667. The van der Waals surface area contributed by atoms with Crippen LogP contribution in [0, 0.1) is 0 Å². The first-order valence-electron chi connectivity index (χ1n) is 6.51. The first kappa shape index (κ1) is 14.4. The van der Waals surface area contributed by atoms with Crippen LogP contribution >= 0.6 is 0 Å². The average Bonchev–Trinajstić information content (AvgIpc) is 2.91. The number of nitrogens with one attached hydrogen (secondary N) is 1. The van der Waals surface area contributed by atoms with Crippen LogP contribution in [-0.4, -0.2) is 30.7 Å². The van der Waals surface area contributed by atoms with Crippen molar-refractivity contribution in [3.05, 3.63) is 23.8 Å². The number of aromatic nitrogens is 2. The molecule has 6 nitrogen and oxygen atoms in total. The molecular weight excluding hydrogens is 266 g/mol. The van der Waals surface area contributed by atoms with Crippen LogP contribution in [0.3, 0.4) is 0 Å². The Kier molecular flexibility index (Phi) is 4.84. The number of sulfonamides is 1. The Morgan fingerprint density at radius 2 is 2.37 bits per heavy atom. The monoisotopic (exact) mass is 285 g/mol. The van der Waals surface area contributed by atoms with Crippen molar-refractivity contribution >= 4 is 10.0 Å². The predicted molar refractivity (Wildman–Crippen MR) is 70.9 cm³/mol. The molecular formula is C12H19N3O3S. The Hall–Kier alpha value is -1.05. The summed E-state index contributed by atoms with van der Waals surface area (Å²) in [5, 5.41) is 0. The van der Waals surface area contributed by atoms with E-state index in [-0.39, 0.29) is 18.4 Å². The van der Waals surface area contributed by atoms with Gasteiger partial charge in [-0.2, -0.15) is 0 Å². The lowest BCUT2D eigenvalue weighted by atomic mass is 10.2. The molecule has 1 fully saturated rings. The summed E-state index contributed by atoms with van der Waals surface area (Å²) >= 11 is 0. The number of rotatable bonds is 6. The second-order valence-electron chi connectivity index (χ2n) is 4.55. The second kappa shape index (κ2) is 6.40. The zero-order chi connectivity index (χ0) is 13.7. The van der Waals surface area contributed by atoms with E-state index < -0.39 is 10.0 Å². The Balaban J connectivity index is 1.99. The fourth-order valence-electron chi connectivity index (χ4n) is 1.97. The Morgan fingerprint density at radius 3 is 3.05 bits per heavy atom. The topological polar surface area (TPSA) is 81.2 Å². The molecule has 1 aromatic heterocycles. The summed E-state index contributed by atoms with van der Waals surface area (Å²) in [6, 6.07) is 1.72. The Bertz CT molecular complexity index is 513. The molecule has 1 aliphatic heterocycles. The summed E-state index contributed by atoms with van der Waals surface area (Å²) in [5.74, 6) is 0.779. The molecule has 1 N–H and O–H groups in total. The van der Waals surface area contributed by atoms with Gasteiger partial charge in [0.1, 0.15) is 6.10 Å². The molecule has 106 valence electrons. The van der Waals surface area contributed by atoms with Crippen LogP contribution in [0.25, 0.3) is 0 Å². The maximum absolute atomic E-state index is 11.6. The van der Waals surface area contributed by atoms with E-state index in [9.17, 15) is 8.42 Å².